The Hall–Kier alpha value is -3.32. The molecule has 2 aromatic carbocycles. The smallest absolute Gasteiger partial charge is 0.286 e. The highest BCUT2D eigenvalue weighted by Crippen LogP contribution is 2.35. The van der Waals surface area contributed by atoms with Crippen LogP contribution in [0.25, 0.3) is 23.0 Å². The lowest BCUT2D eigenvalue weighted by atomic mass is 10.0. The number of amides is 1. The van der Waals surface area contributed by atoms with E-state index in [9.17, 15) is 4.79 Å². The number of para-hydroxylation sites is 1. The summed E-state index contributed by atoms with van der Waals surface area (Å²) in [6.07, 6.45) is 6.25. The van der Waals surface area contributed by atoms with Gasteiger partial charge >= 0.3 is 0 Å². The van der Waals surface area contributed by atoms with Crippen molar-refractivity contribution < 1.29 is 9.53 Å². The zero-order chi connectivity index (χ0) is 22.8. The Morgan fingerprint density at radius 3 is 2.79 bits per heavy atom. The molecular weight excluding hydrogens is 432 g/mol. The van der Waals surface area contributed by atoms with Crippen molar-refractivity contribution in [2.45, 2.75) is 19.8 Å². The van der Waals surface area contributed by atoms with Crippen molar-refractivity contribution in [3.05, 3.63) is 71.3 Å². The number of nitrogens with zero attached hydrogens (tertiary/aromatic N) is 4. The lowest BCUT2D eigenvalue weighted by Gasteiger charge is -2.31. The summed E-state index contributed by atoms with van der Waals surface area (Å²) >= 11 is 1.46. The molecule has 0 N–H and O–H groups in total. The number of likely N-dealkylation sites (tertiary alicyclic amines) is 1. The molecule has 3 heterocycles. The first-order chi connectivity index (χ1) is 16.1. The number of piperidine rings is 1. The van der Waals surface area contributed by atoms with E-state index in [1.54, 1.807) is 7.11 Å². The van der Waals surface area contributed by atoms with Crippen molar-refractivity contribution in [3.63, 3.8) is 0 Å². The van der Waals surface area contributed by atoms with Crippen LogP contribution >= 0.6 is 11.8 Å². The fourth-order valence-electron chi connectivity index (χ4n) is 4.24. The van der Waals surface area contributed by atoms with E-state index in [2.05, 4.69) is 16.8 Å². The number of aromatic nitrogens is 2. The zero-order valence-corrected chi connectivity index (χ0v) is 19.6. The molecule has 6 nitrogen and oxygen atoms in total. The molecule has 2 aliphatic heterocycles. The molecule has 3 aromatic rings. The SMILES string of the molecule is COc1cccc(-c2nn(-c3ccccc3)cc2C=C2SC(N3CCCC(C)C3)=NC2=O)c1. The summed E-state index contributed by atoms with van der Waals surface area (Å²) in [6, 6.07) is 17.8. The molecule has 5 rings (SSSR count). The molecule has 0 saturated carbocycles. The van der Waals surface area contributed by atoms with E-state index in [4.69, 9.17) is 9.84 Å². The lowest BCUT2D eigenvalue weighted by molar-refractivity contribution is -0.113. The van der Waals surface area contributed by atoms with Gasteiger partial charge in [0.05, 0.1) is 17.7 Å². The first-order valence-electron chi connectivity index (χ1n) is 11.2. The molecule has 1 amide bonds. The Morgan fingerprint density at radius 2 is 2.00 bits per heavy atom. The molecule has 168 valence electrons. The molecular formula is C26H26N4O2S. The predicted octanol–water partition coefficient (Wildman–Crippen LogP) is 5.25. The average molecular weight is 459 g/mol. The van der Waals surface area contributed by atoms with E-state index >= 15 is 0 Å². The molecule has 1 aromatic heterocycles. The maximum Gasteiger partial charge on any atom is 0.286 e. The predicted molar refractivity (Wildman–Crippen MR) is 134 cm³/mol. The van der Waals surface area contributed by atoms with E-state index in [-0.39, 0.29) is 5.91 Å². The third kappa shape index (κ3) is 4.59. The van der Waals surface area contributed by atoms with Crippen LogP contribution in [0.4, 0.5) is 0 Å². The summed E-state index contributed by atoms with van der Waals surface area (Å²) in [6.45, 7) is 4.16. The van der Waals surface area contributed by atoms with Crippen molar-refractivity contribution in [1.29, 1.82) is 0 Å². The third-order valence-corrected chi connectivity index (χ3v) is 6.97. The van der Waals surface area contributed by atoms with Gasteiger partial charge in [-0.2, -0.15) is 10.1 Å². The van der Waals surface area contributed by atoms with Crippen LogP contribution in [0.1, 0.15) is 25.3 Å². The second kappa shape index (κ2) is 9.27. The van der Waals surface area contributed by atoms with Crippen LogP contribution in [0.15, 0.2) is 70.7 Å². The zero-order valence-electron chi connectivity index (χ0n) is 18.8. The number of carbonyl (C=O) groups is 1. The first-order valence-corrected chi connectivity index (χ1v) is 12.0. The van der Waals surface area contributed by atoms with Gasteiger partial charge in [0.25, 0.3) is 5.91 Å². The van der Waals surface area contributed by atoms with Gasteiger partial charge in [-0.25, -0.2) is 4.68 Å². The first kappa shape index (κ1) is 21.5. The van der Waals surface area contributed by atoms with Gasteiger partial charge in [0.2, 0.25) is 0 Å². The number of benzene rings is 2. The van der Waals surface area contributed by atoms with Gasteiger partial charge in [-0.15, -0.1) is 0 Å². The molecule has 0 spiro atoms. The highest BCUT2D eigenvalue weighted by Gasteiger charge is 2.29. The van der Waals surface area contributed by atoms with Gasteiger partial charge < -0.3 is 9.64 Å². The number of ether oxygens (including phenoxy) is 1. The summed E-state index contributed by atoms with van der Waals surface area (Å²) < 4.78 is 7.26. The summed E-state index contributed by atoms with van der Waals surface area (Å²) in [5, 5.41) is 5.68. The molecule has 1 saturated heterocycles. The monoisotopic (exact) mass is 458 g/mol. The van der Waals surface area contributed by atoms with Gasteiger partial charge in [0.15, 0.2) is 5.17 Å². The summed E-state index contributed by atoms with van der Waals surface area (Å²) in [5.74, 6) is 1.20. The highest BCUT2D eigenvalue weighted by atomic mass is 32.2. The van der Waals surface area contributed by atoms with Crippen LogP contribution in [0.2, 0.25) is 0 Å². The van der Waals surface area contributed by atoms with Crippen LogP contribution in [0, 0.1) is 5.92 Å². The molecule has 7 heteroatoms. The van der Waals surface area contributed by atoms with Gasteiger partial charge in [0, 0.05) is 30.4 Å². The standard InChI is InChI=1S/C26H26N4O2S/c1-18-8-7-13-29(16-18)26-27-25(31)23(33-26)15-20-17-30(21-10-4-3-5-11-21)28-24(20)19-9-6-12-22(14-19)32-2/h3-6,9-12,14-15,17-18H,7-8,13,16H2,1-2H3. The van der Waals surface area contributed by atoms with Crippen molar-refractivity contribution in [2.24, 2.45) is 10.9 Å². The molecule has 2 aliphatic rings. The summed E-state index contributed by atoms with van der Waals surface area (Å²) in [5.41, 5.74) is 3.54. The fourth-order valence-corrected chi connectivity index (χ4v) is 5.18. The Balaban J connectivity index is 1.51. The van der Waals surface area contributed by atoms with Crippen LogP contribution in [-0.2, 0) is 4.79 Å². The normalized spacial score (nSPS) is 19.8. The number of thioether (sulfide) groups is 1. The van der Waals surface area contributed by atoms with Crippen molar-refractivity contribution in [2.75, 3.05) is 20.2 Å². The van der Waals surface area contributed by atoms with E-state index in [0.717, 1.165) is 52.9 Å². The number of hydrogen-bond donors (Lipinski definition) is 0. The summed E-state index contributed by atoms with van der Waals surface area (Å²) in [7, 11) is 1.65. The van der Waals surface area contributed by atoms with Crippen molar-refractivity contribution >= 4 is 28.9 Å². The minimum absolute atomic E-state index is 0.183. The minimum Gasteiger partial charge on any atom is -0.497 e. The number of amidine groups is 1. The number of carbonyl (C=O) groups excluding carboxylic acids is 1. The number of rotatable bonds is 4. The molecule has 0 bridgehead atoms. The molecule has 1 atom stereocenters. The van der Waals surface area contributed by atoms with E-state index in [1.807, 2.05) is 71.6 Å². The second-order valence-corrected chi connectivity index (χ2v) is 9.46. The molecule has 1 unspecified atom stereocenters. The number of methoxy groups -OCH3 is 1. The van der Waals surface area contributed by atoms with Crippen molar-refractivity contribution in [1.82, 2.24) is 14.7 Å². The van der Waals surface area contributed by atoms with Gasteiger partial charge in [-0.1, -0.05) is 37.3 Å². The number of aliphatic imine (C=N–C) groups is 1. The summed E-state index contributed by atoms with van der Waals surface area (Å²) in [4.78, 5) is 20.0. The molecule has 1 fully saturated rings. The minimum atomic E-state index is -0.183. The Morgan fingerprint density at radius 1 is 1.15 bits per heavy atom. The Bertz CT molecular complexity index is 1230. The quantitative estimate of drug-likeness (QED) is 0.500. The molecule has 0 aliphatic carbocycles. The van der Waals surface area contributed by atoms with E-state index in [1.165, 1.54) is 18.2 Å². The van der Waals surface area contributed by atoms with Crippen LogP contribution in [-0.4, -0.2) is 46.0 Å². The Kier molecular flexibility index (Phi) is 6.05. The van der Waals surface area contributed by atoms with E-state index < -0.39 is 0 Å². The Labute approximate surface area is 198 Å². The average Bonchev–Trinajstić information content (AvgIpc) is 3.44. The second-order valence-electron chi connectivity index (χ2n) is 8.45. The third-order valence-electron chi connectivity index (χ3n) is 5.93. The van der Waals surface area contributed by atoms with Crippen molar-refractivity contribution in [3.8, 4) is 22.7 Å². The van der Waals surface area contributed by atoms with Gasteiger partial charge in [0.1, 0.15) is 11.4 Å². The van der Waals surface area contributed by atoms with Gasteiger partial charge in [-0.3, -0.25) is 4.79 Å². The van der Waals surface area contributed by atoms with Gasteiger partial charge in [-0.05, 0) is 60.9 Å². The van der Waals surface area contributed by atoms with Crippen LogP contribution < -0.4 is 4.74 Å². The fraction of sp³-hybridized carbons (Fsp3) is 0.269. The largest absolute Gasteiger partial charge is 0.497 e. The van der Waals surface area contributed by atoms with E-state index in [0.29, 0.717) is 10.8 Å². The highest BCUT2D eigenvalue weighted by molar-refractivity contribution is 8.18. The maximum absolute atomic E-state index is 12.8. The maximum atomic E-state index is 12.8. The molecule has 33 heavy (non-hydrogen) atoms. The molecule has 0 radical (unpaired) electrons. The lowest BCUT2D eigenvalue weighted by Crippen LogP contribution is -2.37. The topological polar surface area (TPSA) is 59.7 Å². The number of hydrogen-bond acceptors (Lipinski definition) is 5. The van der Waals surface area contributed by atoms with Crippen LogP contribution in [0.3, 0.4) is 0 Å². The van der Waals surface area contributed by atoms with Crippen LogP contribution in [0.5, 0.6) is 5.75 Å².